The summed E-state index contributed by atoms with van der Waals surface area (Å²) in [7, 11) is 0. The number of alkyl halides is 2. The van der Waals surface area contributed by atoms with E-state index in [-0.39, 0.29) is 0 Å². The second kappa shape index (κ2) is 1.44. The summed E-state index contributed by atoms with van der Waals surface area (Å²) in [5.74, 6) is 0. The average Bonchev–Trinajstić information content (AvgIpc) is 2.13. The van der Waals surface area contributed by atoms with E-state index in [1.165, 1.54) is 0 Å². The molecule has 7 heavy (non-hydrogen) atoms. The van der Waals surface area contributed by atoms with Crippen LogP contribution in [0.5, 0.6) is 0 Å². The van der Waals surface area contributed by atoms with Crippen LogP contribution in [0.1, 0.15) is 13.8 Å². The van der Waals surface area contributed by atoms with Crippen molar-refractivity contribution in [2.45, 2.75) is 21.3 Å². The second-order valence-electron chi connectivity index (χ2n) is 2.19. The van der Waals surface area contributed by atoms with Crippen molar-refractivity contribution in [3.05, 3.63) is 0 Å². The van der Waals surface area contributed by atoms with Crippen molar-refractivity contribution in [2.75, 3.05) is 0 Å². The molecule has 0 saturated carbocycles. The predicted octanol–water partition coefficient (Wildman–Crippen LogP) is -2.11. The minimum atomic E-state index is 0.398. The van der Waals surface area contributed by atoms with Crippen LogP contribution in [0.4, 0.5) is 0 Å². The van der Waals surface area contributed by atoms with E-state index in [9.17, 15) is 0 Å². The first-order valence-electron chi connectivity index (χ1n) is 2.27. The Morgan fingerprint density at radius 1 is 1.71 bits per heavy atom. The van der Waals surface area contributed by atoms with Gasteiger partial charge >= 0.3 is 54.2 Å². The Kier molecular flexibility index (Phi) is 1.14. The monoisotopic (exact) mass is 210 g/mol. The van der Waals surface area contributed by atoms with Gasteiger partial charge in [0.25, 0.3) is 0 Å². The molecule has 2 heteroatoms. The van der Waals surface area contributed by atoms with Gasteiger partial charge in [0.2, 0.25) is 0 Å². The molecule has 1 aliphatic heterocycles. The van der Waals surface area contributed by atoms with Gasteiger partial charge in [0, 0.05) is 0 Å². The summed E-state index contributed by atoms with van der Waals surface area (Å²) in [6, 6.07) is 0. The van der Waals surface area contributed by atoms with Crippen molar-refractivity contribution in [3.8, 4) is 0 Å². The number of hydrogen-bond acceptors (Lipinski definition) is 1. The number of rotatable bonds is 1. The number of halogens is 1. The topological polar surface area (TPSA) is 12.4 Å². The molecule has 0 spiro atoms. The molecule has 1 atom stereocenters. The van der Waals surface area contributed by atoms with E-state index in [2.05, 4.69) is 25.6 Å². The first-order valence-corrected chi connectivity index (χ1v) is 4.59. The van der Waals surface area contributed by atoms with Crippen LogP contribution in [0, 0.1) is 0 Å². The molecule has 0 radical (unpaired) electrons. The van der Waals surface area contributed by atoms with Gasteiger partial charge < -0.3 is 0 Å². The first-order chi connectivity index (χ1) is 3.17. The van der Waals surface area contributed by atoms with Gasteiger partial charge in [-0.2, -0.15) is 0 Å². The molecule has 0 amide bonds. The molecular formula is C5H9IN-. The van der Waals surface area contributed by atoms with Gasteiger partial charge in [-0.05, 0) is 0 Å². The van der Waals surface area contributed by atoms with Crippen LogP contribution in [0.3, 0.4) is 0 Å². The van der Waals surface area contributed by atoms with Crippen LogP contribution >= 0.6 is 0 Å². The molecule has 0 aromatic heterocycles. The molecule has 1 unspecified atom stereocenters. The number of aliphatic imine (C=N–C) groups is 1. The SMILES string of the molecule is C=NC1[I-]C1(C)C. The van der Waals surface area contributed by atoms with Crippen molar-refractivity contribution in [1.29, 1.82) is 0 Å². The summed E-state index contributed by atoms with van der Waals surface area (Å²) in [5.41, 5.74) is 0. The maximum atomic E-state index is 3.95. The predicted molar refractivity (Wildman–Crippen MR) is 27.4 cm³/mol. The zero-order valence-corrected chi connectivity index (χ0v) is 6.77. The molecule has 1 aliphatic rings. The van der Waals surface area contributed by atoms with Gasteiger partial charge in [0.05, 0.1) is 0 Å². The van der Waals surface area contributed by atoms with E-state index < -0.39 is 0 Å². The average molecular weight is 210 g/mol. The third kappa shape index (κ3) is 0.953. The molecule has 1 fully saturated rings. The van der Waals surface area contributed by atoms with E-state index in [4.69, 9.17) is 0 Å². The summed E-state index contributed by atoms with van der Waals surface area (Å²) < 4.78 is 1.27. The molecule has 0 bridgehead atoms. The molecular weight excluding hydrogens is 201 g/mol. The zero-order chi connectivity index (χ0) is 5.49. The van der Waals surface area contributed by atoms with E-state index in [1.54, 1.807) is 0 Å². The molecule has 0 aliphatic carbocycles. The quantitative estimate of drug-likeness (QED) is 0.203. The summed E-state index contributed by atoms with van der Waals surface area (Å²) in [4.78, 5) is 3.95. The van der Waals surface area contributed by atoms with Gasteiger partial charge in [0.15, 0.2) is 0 Å². The fourth-order valence-corrected chi connectivity index (χ4v) is 2.22. The van der Waals surface area contributed by atoms with Gasteiger partial charge in [-0.15, -0.1) is 0 Å². The van der Waals surface area contributed by atoms with E-state index in [1.807, 2.05) is 0 Å². The van der Waals surface area contributed by atoms with Crippen LogP contribution in [0.2, 0.25) is 0 Å². The molecule has 1 nitrogen and oxygen atoms in total. The Morgan fingerprint density at radius 2 is 2.14 bits per heavy atom. The van der Waals surface area contributed by atoms with Crippen molar-refractivity contribution in [1.82, 2.24) is 0 Å². The molecule has 0 aromatic carbocycles. The van der Waals surface area contributed by atoms with Crippen molar-refractivity contribution in [3.63, 3.8) is 0 Å². The van der Waals surface area contributed by atoms with Crippen LogP contribution in [-0.2, 0) is 0 Å². The minimum absolute atomic E-state index is 0.398. The van der Waals surface area contributed by atoms with Crippen LogP contribution in [-0.4, -0.2) is 14.2 Å². The zero-order valence-electron chi connectivity index (χ0n) is 4.61. The standard InChI is InChI=1S/C5H9IN/c1-5(2)4(6-5)7-3/h4H,3H2,1-2H3/q-1. The van der Waals surface area contributed by atoms with E-state index in [0.29, 0.717) is 28.7 Å². The number of nitrogens with zero attached hydrogens (tertiary/aromatic N) is 1. The van der Waals surface area contributed by atoms with E-state index >= 15 is 0 Å². The first kappa shape index (κ1) is 5.54. The number of hydrogen-bond donors (Lipinski definition) is 0. The van der Waals surface area contributed by atoms with Crippen LogP contribution < -0.4 is 21.2 Å². The molecule has 42 valence electrons. The fraction of sp³-hybridized carbons (Fsp3) is 0.800. The van der Waals surface area contributed by atoms with Crippen LogP contribution in [0.25, 0.3) is 0 Å². The Morgan fingerprint density at radius 3 is 2.14 bits per heavy atom. The maximum absolute atomic E-state index is 3.95. The van der Waals surface area contributed by atoms with E-state index in [0.717, 1.165) is 0 Å². The third-order valence-electron chi connectivity index (χ3n) is 1.06. The Labute approximate surface area is 54.5 Å². The molecule has 1 saturated heterocycles. The van der Waals surface area contributed by atoms with Gasteiger partial charge in [-0.3, -0.25) is 0 Å². The summed E-state index contributed by atoms with van der Waals surface area (Å²) in [6.07, 6.45) is 0. The normalized spacial score (nSPS) is 36.0. The van der Waals surface area contributed by atoms with Gasteiger partial charge in [0.1, 0.15) is 0 Å². The van der Waals surface area contributed by atoms with Crippen LogP contribution in [0.15, 0.2) is 4.99 Å². The Hall–Kier alpha value is 0.400. The molecule has 1 heterocycles. The van der Waals surface area contributed by atoms with Gasteiger partial charge in [-0.1, -0.05) is 0 Å². The summed E-state index contributed by atoms with van der Waals surface area (Å²) >= 11 is 0.398. The summed E-state index contributed by atoms with van der Waals surface area (Å²) in [5, 5.41) is 0. The van der Waals surface area contributed by atoms with Crippen molar-refractivity contribution in [2.24, 2.45) is 4.99 Å². The van der Waals surface area contributed by atoms with Gasteiger partial charge in [-0.25, -0.2) is 0 Å². The molecule has 1 rings (SSSR count). The Bertz CT molecular complexity index is 98.3. The third-order valence-corrected chi connectivity index (χ3v) is 5.13. The second-order valence-corrected chi connectivity index (χ2v) is 6.77. The molecule has 0 N–H and O–H groups in total. The van der Waals surface area contributed by atoms with Crippen molar-refractivity contribution >= 4 is 6.72 Å². The fourth-order valence-electron chi connectivity index (χ4n) is 0.486. The van der Waals surface area contributed by atoms with Crippen molar-refractivity contribution < 1.29 is 21.2 Å². The summed E-state index contributed by atoms with van der Waals surface area (Å²) in [6.45, 7) is 8.02. The Balaban J connectivity index is 2.44. The molecule has 0 aromatic rings.